The Morgan fingerprint density at radius 2 is 2.09 bits per heavy atom. The van der Waals surface area contributed by atoms with Crippen molar-refractivity contribution in [3.8, 4) is 0 Å². The van der Waals surface area contributed by atoms with E-state index in [9.17, 15) is 4.39 Å². The van der Waals surface area contributed by atoms with Crippen LogP contribution in [0.25, 0.3) is 0 Å². The molecule has 0 radical (unpaired) electrons. The lowest BCUT2D eigenvalue weighted by Gasteiger charge is -2.10. The zero-order valence-corrected chi connectivity index (χ0v) is 8.46. The fourth-order valence-electron chi connectivity index (χ4n) is 0.657. The molecule has 4 heteroatoms. The summed E-state index contributed by atoms with van der Waals surface area (Å²) in [5.41, 5.74) is 0. The maximum atomic E-state index is 12.8. The van der Waals surface area contributed by atoms with Crippen LogP contribution in [0.3, 0.4) is 0 Å². The Hall–Kier alpha value is -0.390. The number of halogens is 2. The Bertz CT molecular complexity index is 263. The van der Waals surface area contributed by atoms with E-state index in [1.807, 2.05) is 36.7 Å². The van der Waals surface area contributed by atoms with Gasteiger partial charge in [0.15, 0.2) is 0 Å². The van der Waals surface area contributed by atoms with Crippen LogP contribution in [0.1, 0.15) is 0 Å². The van der Waals surface area contributed by atoms with Crippen LogP contribution in [0.5, 0.6) is 0 Å². The minimum atomic E-state index is -0.406. The molecule has 0 aliphatic rings. The molecule has 11 heavy (non-hydrogen) atoms. The lowest BCUT2D eigenvalue weighted by molar-refractivity contribution is 0.575. The van der Waals surface area contributed by atoms with Gasteiger partial charge in [-0.15, -0.1) is 0 Å². The summed E-state index contributed by atoms with van der Waals surface area (Å²) < 4.78 is 13.3. The first kappa shape index (κ1) is 8.70. The molecule has 1 rings (SSSR count). The van der Waals surface area contributed by atoms with Crippen LogP contribution in [0, 0.1) is 9.52 Å². The molecule has 0 amide bonds. The molecule has 0 bridgehead atoms. The van der Waals surface area contributed by atoms with Gasteiger partial charge >= 0.3 is 0 Å². The second-order valence-electron chi connectivity index (χ2n) is 2.34. The molecular formula is C7H8FIN2. The fraction of sp³-hybridized carbons (Fsp3) is 0.286. The summed E-state index contributed by atoms with van der Waals surface area (Å²) in [4.78, 5) is 5.49. The lowest BCUT2D eigenvalue weighted by Crippen LogP contribution is -2.11. The first-order valence-electron chi connectivity index (χ1n) is 3.10. The van der Waals surface area contributed by atoms with Crippen LogP contribution in [-0.2, 0) is 0 Å². The van der Waals surface area contributed by atoms with E-state index in [1.54, 1.807) is 17.0 Å². The van der Waals surface area contributed by atoms with E-state index in [2.05, 4.69) is 4.98 Å². The molecule has 1 aromatic heterocycles. The van der Waals surface area contributed by atoms with Crippen LogP contribution < -0.4 is 4.90 Å². The second kappa shape index (κ2) is 3.34. The molecule has 1 heterocycles. The SMILES string of the molecule is CN(C)c1ccc(I)c(F)n1. The fourth-order valence-corrected chi connectivity index (χ4v) is 0.957. The van der Waals surface area contributed by atoms with Gasteiger partial charge in [-0.1, -0.05) is 0 Å². The Morgan fingerprint density at radius 3 is 2.55 bits per heavy atom. The first-order valence-corrected chi connectivity index (χ1v) is 4.18. The van der Waals surface area contributed by atoms with Crippen molar-refractivity contribution >= 4 is 28.4 Å². The van der Waals surface area contributed by atoms with E-state index < -0.39 is 5.95 Å². The number of nitrogens with zero attached hydrogens (tertiary/aromatic N) is 2. The van der Waals surface area contributed by atoms with Gasteiger partial charge in [0.1, 0.15) is 5.82 Å². The normalized spacial score (nSPS) is 9.82. The molecule has 0 saturated heterocycles. The molecule has 0 aliphatic heterocycles. The Morgan fingerprint density at radius 1 is 1.45 bits per heavy atom. The number of anilines is 1. The predicted octanol–water partition coefficient (Wildman–Crippen LogP) is 1.89. The van der Waals surface area contributed by atoms with Gasteiger partial charge < -0.3 is 4.90 Å². The van der Waals surface area contributed by atoms with E-state index in [1.165, 1.54) is 0 Å². The number of rotatable bonds is 1. The van der Waals surface area contributed by atoms with Gasteiger partial charge in [-0.05, 0) is 34.7 Å². The van der Waals surface area contributed by atoms with Crippen LogP contribution in [0.15, 0.2) is 12.1 Å². The van der Waals surface area contributed by atoms with Gasteiger partial charge in [0.2, 0.25) is 5.95 Å². The van der Waals surface area contributed by atoms with Gasteiger partial charge in [0, 0.05) is 14.1 Å². The molecule has 0 aliphatic carbocycles. The monoisotopic (exact) mass is 266 g/mol. The summed E-state index contributed by atoms with van der Waals surface area (Å²) >= 11 is 1.91. The van der Waals surface area contributed by atoms with Crippen molar-refractivity contribution in [1.82, 2.24) is 4.98 Å². The van der Waals surface area contributed by atoms with Crippen molar-refractivity contribution in [3.05, 3.63) is 21.7 Å². The molecule has 0 aromatic carbocycles. The number of aromatic nitrogens is 1. The highest BCUT2D eigenvalue weighted by Gasteiger charge is 2.02. The highest BCUT2D eigenvalue weighted by Crippen LogP contribution is 2.13. The van der Waals surface area contributed by atoms with Crippen LogP contribution in [0.4, 0.5) is 10.2 Å². The van der Waals surface area contributed by atoms with Crippen molar-refractivity contribution in [2.45, 2.75) is 0 Å². The van der Waals surface area contributed by atoms with Gasteiger partial charge in [-0.3, -0.25) is 0 Å². The Balaban J connectivity index is 3.05. The average Bonchev–Trinajstić information content (AvgIpc) is 1.94. The molecule has 1 aromatic rings. The summed E-state index contributed by atoms with van der Waals surface area (Å²) in [5.74, 6) is 0.236. The van der Waals surface area contributed by atoms with Gasteiger partial charge in [-0.2, -0.15) is 4.39 Å². The van der Waals surface area contributed by atoms with E-state index in [0.717, 1.165) is 0 Å². The smallest absolute Gasteiger partial charge is 0.228 e. The van der Waals surface area contributed by atoms with Gasteiger partial charge in [0.25, 0.3) is 0 Å². The maximum absolute atomic E-state index is 12.8. The molecular weight excluding hydrogens is 258 g/mol. The number of hydrogen-bond donors (Lipinski definition) is 0. The van der Waals surface area contributed by atoms with Crippen LogP contribution >= 0.6 is 22.6 Å². The van der Waals surface area contributed by atoms with E-state index in [0.29, 0.717) is 9.39 Å². The number of pyridine rings is 1. The van der Waals surface area contributed by atoms with E-state index in [4.69, 9.17) is 0 Å². The summed E-state index contributed by atoms with van der Waals surface area (Å²) in [6.45, 7) is 0. The van der Waals surface area contributed by atoms with Crippen molar-refractivity contribution in [2.75, 3.05) is 19.0 Å². The highest BCUT2D eigenvalue weighted by atomic mass is 127. The Kier molecular flexibility index (Phi) is 2.64. The molecule has 0 N–H and O–H groups in total. The summed E-state index contributed by atoms with van der Waals surface area (Å²) in [6.07, 6.45) is 0. The maximum Gasteiger partial charge on any atom is 0.228 e. The van der Waals surface area contributed by atoms with Crippen molar-refractivity contribution in [2.24, 2.45) is 0 Å². The molecule has 0 atom stereocenters. The minimum Gasteiger partial charge on any atom is -0.363 e. The topological polar surface area (TPSA) is 16.1 Å². The first-order chi connectivity index (χ1) is 5.11. The zero-order valence-electron chi connectivity index (χ0n) is 6.31. The summed E-state index contributed by atoms with van der Waals surface area (Å²) in [6, 6.07) is 3.49. The van der Waals surface area contributed by atoms with E-state index in [-0.39, 0.29) is 0 Å². The third-order valence-corrected chi connectivity index (χ3v) is 2.05. The average molecular weight is 266 g/mol. The van der Waals surface area contributed by atoms with Crippen molar-refractivity contribution < 1.29 is 4.39 Å². The lowest BCUT2D eigenvalue weighted by atomic mass is 10.4. The van der Waals surface area contributed by atoms with Crippen LogP contribution in [-0.4, -0.2) is 19.1 Å². The highest BCUT2D eigenvalue weighted by molar-refractivity contribution is 14.1. The number of hydrogen-bond acceptors (Lipinski definition) is 2. The Labute approximate surface area is 78.6 Å². The van der Waals surface area contributed by atoms with Crippen molar-refractivity contribution in [1.29, 1.82) is 0 Å². The van der Waals surface area contributed by atoms with Gasteiger partial charge in [-0.25, -0.2) is 4.98 Å². The zero-order chi connectivity index (χ0) is 8.43. The van der Waals surface area contributed by atoms with Crippen LogP contribution in [0.2, 0.25) is 0 Å². The summed E-state index contributed by atoms with van der Waals surface area (Å²) in [7, 11) is 3.66. The standard InChI is InChI=1S/C7H8FIN2/c1-11(2)6-4-3-5(9)7(8)10-6/h3-4H,1-2H3. The molecule has 0 unspecified atom stereocenters. The third-order valence-electron chi connectivity index (χ3n) is 1.25. The van der Waals surface area contributed by atoms with Crippen molar-refractivity contribution in [3.63, 3.8) is 0 Å². The summed E-state index contributed by atoms with van der Waals surface area (Å²) in [5, 5.41) is 0. The van der Waals surface area contributed by atoms with E-state index >= 15 is 0 Å². The largest absolute Gasteiger partial charge is 0.363 e. The molecule has 60 valence electrons. The third kappa shape index (κ3) is 2.02. The predicted molar refractivity (Wildman–Crippen MR) is 51.2 cm³/mol. The molecule has 0 fully saturated rings. The second-order valence-corrected chi connectivity index (χ2v) is 3.50. The molecule has 0 saturated carbocycles. The molecule has 2 nitrogen and oxygen atoms in total. The minimum absolute atomic E-state index is 0.406. The quantitative estimate of drug-likeness (QED) is 0.570. The van der Waals surface area contributed by atoms with Gasteiger partial charge in [0.05, 0.1) is 3.57 Å². The molecule has 0 spiro atoms.